The Labute approximate surface area is 190 Å². The molecule has 0 radical (unpaired) electrons. The molecule has 0 bridgehead atoms. The van der Waals surface area contributed by atoms with Crippen molar-refractivity contribution in [3.8, 4) is 0 Å². The van der Waals surface area contributed by atoms with Crippen LogP contribution in [0.1, 0.15) is 16.9 Å². The van der Waals surface area contributed by atoms with E-state index in [4.69, 9.17) is 9.41 Å². The summed E-state index contributed by atoms with van der Waals surface area (Å²) in [5.74, 6) is 0.953. The highest BCUT2D eigenvalue weighted by Crippen LogP contribution is 2.30. The van der Waals surface area contributed by atoms with Crippen LogP contribution in [0.4, 0.5) is 0 Å². The van der Waals surface area contributed by atoms with Gasteiger partial charge in [0.15, 0.2) is 5.84 Å². The van der Waals surface area contributed by atoms with Crippen molar-refractivity contribution < 1.29 is 9.21 Å². The molecule has 1 amide bonds. The second kappa shape index (κ2) is 7.88. The van der Waals surface area contributed by atoms with Crippen LogP contribution in [0, 0.1) is 0 Å². The van der Waals surface area contributed by atoms with Gasteiger partial charge in [-0.2, -0.15) is 0 Å². The molecule has 0 saturated carbocycles. The Kier molecular flexibility index (Phi) is 4.58. The minimum atomic E-state index is -0.194. The van der Waals surface area contributed by atoms with Crippen molar-refractivity contribution in [2.45, 2.75) is 6.42 Å². The summed E-state index contributed by atoms with van der Waals surface area (Å²) >= 11 is 0. The third-order valence-corrected chi connectivity index (χ3v) is 5.74. The highest BCUT2D eigenvalue weighted by Gasteiger charge is 2.35. The lowest BCUT2D eigenvalue weighted by Crippen LogP contribution is -2.36. The Morgan fingerprint density at radius 2 is 1.67 bits per heavy atom. The predicted molar refractivity (Wildman–Crippen MR) is 130 cm³/mol. The van der Waals surface area contributed by atoms with Crippen molar-refractivity contribution in [1.82, 2.24) is 4.90 Å². The summed E-state index contributed by atoms with van der Waals surface area (Å²) in [4.78, 5) is 24.5. The Morgan fingerprint density at radius 3 is 2.48 bits per heavy atom. The molecule has 2 aliphatic rings. The molecule has 5 nitrogen and oxygen atoms in total. The summed E-state index contributed by atoms with van der Waals surface area (Å²) in [5.41, 5.74) is 3.88. The lowest BCUT2D eigenvalue weighted by Gasteiger charge is -2.22. The van der Waals surface area contributed by atoms with Crippen molar-refractivity contribution >= 4 is 40.0 Å². The average Bonchev–Trinajstić information content (AvgIpc) is 3.48. The quantitative estimate of drug-likeness (QED) is 0.390. The smallest absolute Gasteiger partial charge is 0.282 e. The second-order valence-electron chi connectivity index (χ2n) is 7.95. The molecule has 158 valence electrons. The molecule has 0 saturated heterocycles. The van der Waals surface area contributed by atoms with Crippen LogP contribution in [0.15, 0.2) is 117 Å². The Hall–Kier alpha value is -4.51. The van der Waals surface area contributed by atoms with Crippen LogP contribution in [0.5, 0.6) is 0 Å². The van der Waals surface area contributed by atoms with E-state index in [1.807, 2.05) is 36.4 Å². The molecule has 0 atom stereocenters. The summed E-state index contributed by atoms with van der Waals surface area (Å²) in [6.45, 7) is 0. The Morgan fingerprint density at radius 1 is 0.848 bits per heavy atom. The van der Waals surface area contributed by atoms with Gasteiger partial charge in [-0.25, -0.2) is 9.98 Å². The Bertz CT molecular complexity index is 1490. The number of hydrogen-bond donors (Lipinski definition) is 0. The molecular weight excluding hydrogens is 410 g/mol. The lowest BCUT2D eigenvalue weighted by molar-refractivity contribution is -0.120. The summed E-state index contributed by atoms with van der Waals surface area (Å²) in [5, 5.41) is 2.29. The molecule has 4 aromatic rings. The van der Waals surface area contributed by atoms with Crippen LogP contribution in [0.25, 0.3) is 22.5 Å². The van der Waals surface area contributed by atoms with Crippen molar-refractivity contribution in [3.63, 3.8) is 0 Å². The molecule has 1 aromatic heterocycles. The van der Waals surface area contributed by atoms with E-state index < -0.39 is 0 Å². The van der Waals surface area contributed by atoms with Gasteiger partial charge in [-0.1, -0.05) is 66.7 Å². The van der Waals surface area contributed by atoms with E-state index in [0.717, 1.165) is 33.3 Å². The fraction of sp³-hybridized carbons (Fsp3) is 0.0357. The standard InChI is InChI=1S/C28H19N3O2/c32-28-25(17-23-11-6-14-33-23)30-27-24(15-19-7-2-1-3-8-19)29-26(18-31(27)28)22-13-12-20-9-4-5-10-21(20)16-22/h1-14,16-18H,15H2. The fourth-order valence-electron chi connectivity index (χ4n) is 4.10. The number of rotatable bonds is 4. The van der Waals surface area contributed by atoms with Crippen molar-refractivity contribution in [2.24, 2.45) is 9.98 Å². The molecule has 0 fully saturated rings. The molecule has 33 heavy (non-hydrogen) atoms. The van der Waals surface area contributed by atoms with E-state index in [9.17, 15) is 4.79 Å². The van der Waals surface area contributed by atoms with E-state index in [-0.39, 0.29) is 5.91 Å². The van der Waals surface area contributed by atoms with Gasteiger partial charge in [-0.05, 0) is 34.5 Å². The van der Waals surface area contributed by atoms with E-state index >= 15 is 0 Å². The number of benzene rings is 3. The molecule has 2 aliphatic heterocycles. The SMILES string of the molecule is O=C1C(=Cc2ccco2)N=C2C(Cc3ccccc3)=NC(c3ccc4ccccc4c3)=CN12. The minimum Gasteiger partial charge on any atom is -0.465 e. The van der Waals surface area contributed by atoms with Gasteiger partial charge in [0, 0.05) is 24.3 Å². The lowest BCUT2D eigenvalue weighted by atomic mass is 10.0. The molecule has 5 heteroatoms. The van der Waals surface area contributed by atoms with Gasteiger partial charge < -0.3 is 4.42 Å². The number of amides is 1. The molecule has 0 unspecified atom stereocenters. The third kappa shape index (κ3) is 3.59. The maximum absolute atomic E-state index is 13.3. The number of furan rings is 1. The van der Waals surface area contributed by atoms with E-state index in [0.29, 0.717) is 23.7 Å². The van der Waals surface area contributed by atoms with Gasteiger partial charge in [0.1, 0.15) is 11.5 Å². The average molecular weight is 429 g/mol. The first kappa shape index (κ1) is 19.2. The van der Waals surface area contributed by atoms with E-state index in [2.05, 4.69) is 41.4 Å². The zero-order valence-corrected chi connectivity index (χ0v) is 17.7. The van der Waals surface area contributed by atoms with Gasteiger partial charge in [-0.3, -0.25) is 9.69 Å². The zero-order chi connectivity index (χ0) is 22.2. The van der Waals surface area contributed by atoms with Crippen molar-refractivity contribution in [1.29, 1.82) is 0 Å². The normalized spacial score (nSPS) is 16.6. The maximum atomic E-state index is 13.3. The number of hydrogen-bond acceptors (Lipinski definition) is 4. The molecule has 3 heterocycles. The van der Waals surface area contributed by atoms with Crippen LogP contribution in [-0.2, 0) is 11.2 Å². The Balaban J connectivity index is 1.45. The van der Waals surface area contributed by atoms with Crippen LogP contribution in [0.2, 0.25) is 0 Å². The molecule has 0 N–H and O–H groups in total. The second-order valence-corrected chi connectivity index (χ2v) is 7.95. The van der Waals surface area contributed by atoms with Crippen LogP contribution < -0.4 is 0 Å². The van der Waals surface area contributed by atoms with Crippen molar-refractivity contribution in [2.75, 3.05) is 0 Å². The van der Waals surface area contributed by atoms with Gasteiger partial charge in [0.25, 0.3) is 5.91 Å². The van der Waals surface area contributed by atoms with Gasteiger partial charge in [0.05, 0.1) is 17.7 Å². The summed E-state index contributed by atoms with van der Waals surface area (Å²) in [7, 11) is 0. The molecule has 0 spiro atoms. The fourth-order valence-corrected chi connectivity index (χ4v) is 4.10. The summed E-state index contributed by atoms with van der Waals surface area (Å²) in [6, 6.07) is 28.1. The molecule has 0 aliphatic carbocycles. The highest BCUT2D eigenvalue weighted by molar-refractivity contribution is 6.48. The van der Waals surface area contributed by atoms with Crippen molar-refractivity contribution in [3.05, 3.63) is 120 Å². The molecule has 6 rings (SSSR count). The number of amidine groups is 1. The summed E-state index contributed by atoms with van der Waals surface area (Å²) < 4.78 is 5.39. The number of aliphatic imine (C=N–C) groups is 2. The summed E-state index contributed by atoms with van der Waals surface area (Å²) in [6.07, 6.45) is 5.59. The minimum absolute atomic E-state index is 0.194. The van der Waals surface area contributed by atoms with Crippen LogP contribution in [0.3, 0.4) is 0 Å². The first-order valence-electron chi connectivity index (χ1n) is 10.7. The first-order valence-corrected chi connectivity index (χ1v) is 10.7. The van der Waals surface area contributed by atoms with Gasteiger partial charge >= 0.3 is 0 Å². The maximum Gasteiger partial charge on any atom is 0.282 e. The van der Waals surface area contributed by atoms with Gasteiger partial charge in [0.2, 0.25) is 0 Å². The molecular formula is C28H19N3O2. The zero-order valence-electron chi connectivity index (χ0n) is 17.7. The first-order chi connectivity index (χ1) is 16.2. The van der Waals surface area contributed by atoms with Crippen LogP contribution >= 0.6 is 0 Å². The predicted octanol–water partition coefficient (Wildman–Crippen LogP) is 5.71. The number of carbonyl (C=O) groups is 1. The number of nitrogens with zero attached hydrogens (tertiary/aromatic N) is 3. The number of fused-ring (bicyclic) bond motifs is 2. The largest absolute Gasteiger partial charge is 0.465 e. The highest BCUT2D eigenvalue weighted by atomic mass is 16.3. The topological polar surface area (TPSA) is 58.2 Å². The van der Waals surface area contributed by atoms with E-state index in [1.54, 1.807) is 35.6 Å². The van der Waals surface area contributed by atoms with E-state index in [1.165, 1.54) is 0 Å². The van der Waals surface area contributed by atoms with Crippen LogP contribution in [-0.4, -0.2) is 22.4 Å². The molecule has 3 aromatic carbocycles. The van der Waals surface area contributed by atoms with Gasteiger partial charge in [-0.15, -0.1) is 0 Å². The number of carbonyl (C=O) groups excluding carboxylic acids is 1. The monoisotopic (exact) mass is 429 g/mol. The third-order valence-electron chi connectivity index (χ3n) is 5.74.